The van der Waals surface area contributed by atoms with E-state index in [1.165, 1.54) is 4.88 Å². The van der Waals surface area contributed by atoms with Gasteiger partial charge in [0.15, 0.2) is 0 Å². The molecule has 1 fully saturated rings. The molecular weight excluding hydrogens is 368 g/mol. The molecule has 2 aromatic rings. The number of nitrogens with one attached hydrogen (secondary N) is 1. The molecule has 0 aliphatic carbocycles. The second-order valence-corrected chi connectivity index (χ2v) is 9.38. The molecule has 142 valence electrons. The van der Waals surface area contributed by atoms with E-state index >= 15 is 0 Å². The fourth-order valence-corrected chi connectivity index (χ4v) is 5.58. The van der Waals surface area contributed by atoms with Crippen molar-refractivity contribution in [1.29, 1.82) is 0 Å². The SMILES string of the molecule is COc1ccc(S(=O)(=O)NCCN2CCC(c3cccs3)CC2)c(C)c1. The standard InChI is InChI=1S/C19H26N2O3S2/c1-15-14-17(24-2)5-6-19(15)26(22,23)20-9-12-21-10-7-16(8-11-21)18-4-3-13-25-18/h3-6,13-14,16,20H,7-12H2,1-2H3. The normalized spacial score (nSPS) is 16.7. The third kappa shape index (κ3) is 4.65. The van der Waals surface area contributed by atoms with Crippen molar-refractivity contribution in [2.45, 2.75) is 30.6 Å². The number of aryl methyl sites for hydroxylation is 1. The van der Waals surface area contributed by atoms with Crippen molar-refractivity contribution in [2.75, 3.05) is 33.3 Å². The summed E-state index contributed by atoms with van der Waals surface area (Å²) in [6.45, 7) is 4.99. The largest absolute Gasteiger partial charge is 0.497 e. The lowest BCUT2D eigenvalue weighted by Gasteiger charge is -2.31. The molecule has 1 N–H and O–H groups in total. The molecule has 0 unspecified atom stereocenters. The highest BCUT2D eigenvalue weighted by molar-refractivity contribution is 7.89. The van der Waals surface area contributed by atoms with Crippen LogP contribution in [0.25, 0.3) is 0 Å². The number of benzene rings is 1. The van der Waals surface area contributed by atoms with Gasteiger partial charge in [-0.15, -0.1) is 11.3 Å². The van der Waals surface area contributed by atoms with Gasteiger partial charge in [-0.1, -0.05) is 6.07 Å². The van der Waals surface area contributed by atoms with E-state index < -0.39 is 10.0 Å². The molecule has 0 amide bonds. The van der Waals surface area contributed by atoms with Crippen LogP contribution in [0.1, 0.15) is 29.2 Å². The van der Waals surface area contributed by atoms with E-state index in [0.717, 1.165) is 32.5 Å². The van der Waals surface area contributed by atoms with Crippen LogP contribution < -0.4 is 9.46 Å². The highest BCUT2D eigenvalue weighted by atomic mass is 32.2. The number of hydrogen-bond acceptors (Lipinski definition) is 5. The molecule has 1 aliphatic rings. The molecular formula is C19H26N2O3S2. The van der Waals surface area contributed by atoms with E-state index in [0.29, 0.717) is 28.7 Å². The van der Waals surface area contributed by atoms with E-state index in [9.17, 15) is 8.42 Å². The molecule has 5 nitrogen and oxygen atoms in total. The minimum atomic E-state index is -3.49. The molecule has 1 aromatic heterocycles. The van der Waals surface area contributed by atoms with Crippen molar-refractivity contribution in [2.24, 2.45) is 0 Å². The van der Waals surface area contributed by atoms with Crippen LogP contribution in [-0.2, 0) is 10.0 Å². The van der Waals surface area contributed by atoms with Gasteiger partial charge in [-0.2, -0.15) is 0 Å². The Balaban J connectivity index is 1.49. The molecule has 0 bridgehead atoms. The third-order valence-corrected chi connectivity index (χ3v) is 7.58. The summed E-state index contributed by atoms with van der Waals surface area (Å²) in [5.41, 5.74) is 0.689. The summed E-state index contributed by atoms with van der Waals surface area (Å²) in [7, 11) is -1.92. The fourth-order valence-electron chi connectivity index (χ4n) is 3.43. The fraction of sp³-hybridized carbons (Fsp3) is 0.474. The third-order valence-electron chi connectivity index (χ3n) is 4.92. The molecule has 0 radical (unpaired) electrons. The van der Waals surface area contributed by atoms with Gasteiger partial charge >= 0.3 is 0 Å². The predicted octanol–water partition coefficient (Wildman–Crippen LogP) is 3.22. The van der Waals surface area contributed by atoms with Gasteiger partial charge in [-0.25, -0.2) is 13.1 Å². The maximum atomic E-state index is 12.5. The van der Waals surface area contributed by atoms with Crippen LogP contribution in [0, 0.1) is 6.92 Å². The number of ether oxygens (including phenoxy) is 1. The number of nitrogens with zero attached hydrogens (tertiary/aromatic N) is 1. The molecule has 1 aromatic carbocycles. The van der Waals surface area contributed by atoms with E-state index in [1.807, 2.05) is 11.3 Å². The van der Waals surface area contributed by atoms with Crippen LogP contribution >= 0.6 is 11.3 Å². The van der Waals surface area contributed by atoms with Gasteiger partial charge in [0.2, 0.25) is 10.0 Å². The van der Waals surface area contributed by atoms with Crippen molar-refractivity contribution in [1.82, 2.24) is 9.62 Å². The monoisotopic (exact) mass is 394 g/mol. The number of hydrogen-bond donors (Lipinski definition) is 1. The summed E-state index contributed by atoms with van der Waals surface area (Å²) in [5, 5.41) is 2.14. The summed E-state index contributed by atoms with van der Waals surface area (Å²) in [6, 6.07) is 9.35. The zero-order valence-corrected chi connectivity index (χ0v) is 16.9. The quantitative estimate of drug-likeness (QED) is 0.783. The molecule has 3 rings (SSSR count). The Morgan fingerprint density at radius 3 is 2.65 bits per heavy atom. The van der Waals surface area contributed by atoms with Crippen LogP contribution in [0.5, 0.6) is 5.75 Å². The molecule has 1 aliphatic heterocycles. The van der Waals surface area contributed by atoms with Crippen molar-refractivity contribution in [3.05, 3.63) is 46.2 Å². The van der Waals surface area contributed by atoms with Crippen molar-refractivity contribution < 1.29 is 13.2 Å². The number of methoxy groups -OCH3 is 1. The first-order chi connectivity index (χ1) is 12.5. The summed E-state index contributed by atoms with van der Waals surface area (Å²) >= 11 is 1.83. The van der Waals surface area contributed by atoms with Gasteiger partial charge in [-0.05, 0) is 74.0 Å². The van der Waals surface area contributed by atoms with Gasteiger partial charge in [0.05, 0.1) is 12.0 Å². The lowest BCUT2D eigenvalue weighted by molar-refractivity contribution is 0.217. The lowest BCUT2D eigenvalue weighted by Crippen LogP contribution is -2.39. The number of thiophene rings is 1. The number of rotatable bonds is 7. The van der Waals surface area contributed by atoms with Crippen LogP contribution in [0.2, 0.25) is 0 Å². The van der Waals surface area contributed by atoms with E-state index in [2.05, 4.69) is 27.1 Å². The van der Waals surface area contributed by atoms with E-state index in [-0.39, 0.29) is 0 Å². The van der Waals surface area contributed by atoms with Crippen LogP contribution in [-0.4, -0.2) is 46.6 Å². The average Bonchev–Trinajstić information content (AvgIpc) is 3.16. The predicted molar refractivity (Wildman–Crippen MR) is 106 cm³/mol. The Labute approximate surface area is 160 Å². The maximum absolute atomic E-state index is 12.5. The number of sulfonamides is 1. The Bertz CT molecular complexity index is 811. The van der Waals surface area contributed by atoms with Crippen LogP contribution in [0.3, 0.4) is 0 Å². The van der Waals surface area contributed by atoms with Crippen molar-refractivity contribution >= 4 is 21.4 Å². The second kappa shape index (κ2) is 8.52. The first-order valence-electron chi connectivity index (χ1n) is 8.89. The van der Waals surface area contributed by atoms with Crippen LogP contribution in [0.4, 0.5) is 0 Å². The summed E-state index contributed by atoms with van der Waals surface area (Å²) < 4.78 is 32.9. The van der Waals surface area contributed by atoms with Gasteiger partial charge in [-0.3, -0.25) is 0 Å². The second-order valence-electron chi connectivity index (χ2n) is 6.66. The van der Waals surface area contributed by atoms with Gasteiger partial charge in [0.25, 0.3) is 0 Å². The smallest absolute Gasteiger partial charge is 0.240 e. The average molecular weight is 395 g/mol. The Morgan fingerprint density at radius 1 is 1.27 bits per heavy atom. The molecule has 7 heteroatoms. The molecule has 1 saturated heterocycles. The Morgan fingerprint density at radius 2 is 2.04 bits per heavy atom. The molecule has 0 spiro atoms. The first kappa shape index (κ1) is 19.4. The lowest BCUT2D eigenvalue weighted by atomic mass is 9.95. The topological polar surface area (TPSA) is 58.6 Å². The highest BCUT2D eigenvalue weighted by Crippen LogP contribution is 2.30. The van der Waals surface area contributed by atoms with Crippen molar-refractivity contribution in [3.8, 4) is 5.75 Å². The number of piperidine rings is 1. The minimum absolute atomic E-state index is 0.315. The summed E-state index contributed by atoms with van der Waals surface area (Å²) in [6.07, 6.45) is 2.29. The Hall–Kier alpha value is -1.41. The molecule has 2 heterocycles. The van der Waals surface area contributed by atoms with Crippen LogP contribution in [0.15, 0.2) is 40.6 Å². The van der Waals surface area contributed by atoms with Crippen molar-refractivity contribution in [3.63, 3.8) is 0 Å². The minimum Gasteiger partial charge on any atom is -0.497 e. The molecule has 0 saturated carbocycles. The molecule has 0 atom stereocenters. The highest BCUT2D eigenvalue weighted by Gasteiger charge is 2.22. The number of likely N-dealkylation sites (tertiary alicyclic amines) is 1. The zero-order chi connectivity index (χ0) is 18.6. The van der Waals surface area contributed by atoms with Gasteiger partial charge in [0.1, 0.15) is 5.75 Å². The zero-order valence-electron chi connectivity index (χ0n) is 15.3. The summed E-state index contributed by atoms with van der Waals surface area (Å²) in [4.78, 5) is 4.13. The maximum Gasteiger partial charge on any atom is 0.240 e. The summed E-state index contributed by atoms with van der Waals surface area (Å²) in [5.74, 6) is 1.32. The van der Waals surface area contributed by atoms with Gasteiger partial charge < -0.3 is 9.64 Å². The Kier molecular flexibility index (Phi) is 6.34. The molecule has 26 heavy (non-hydrogen) atoms. The first-order valence-corrected chi connectivity index (χ1v) is 11.3. The van der Waals surface area contributed by atoms with E-state index in [1.54, 1.807) is 32.2 Å². The van der Waals surface area contributed by atoms with Gasteiger partial charge in [0, 0.05) is 18.0 Å². The van der Waals surface area contributed by atoms with E-state index in [4.69, 9.17) is 4.74 Å².